The van der Waals surface area contributed by atoms with Crippen LogP contribution in [-0.2, 0) is 0 Å². The summed E-state index contributed by atoms with van der Waals surface area (Å²) in [5.41, 5.74) is 10.8. The van der Waals surface area contributed by atoms with E-state index in [2.05, 4.69) is 139 Å². The van der Waals surface area contributed by atoms with Crippen LogP contribution in [0.2, 0.25) is 0 Å². The molecule has 0 amide bonds. The molecule has 5 aromatic carbocycles. The minimum atomic E-state index is 0.0403. The molecule has 0 fully saturated rings. The number of furan rings is 1. The molecule has 2 atom stereocenters. The number of nitrogens with one attached hydrogen (secondary N) is 1. The van der Waals surface area contributed by atoms with E-state index in [0.29, 0.717) is 0 Å². The molecule has 3 heterocycles. The van der Waals surface area contributed by atoms with Crippen molar-refractivity contribution >= 4 is 27.8 Å². The Hall–Kier alpha value is -5.28. The Balaban J connectivity index is 1.20. The average Bonchev–Trinajstić information content (AvgIpc) is 3.39. The SMILES string of the molecule is C1=C(c2ccccc2)CCC2Oc3c(oc4ccc(C5=c6ccccc6=C(c6ccccc6)CN5)cc34)-c3ccccc3C12. The first kappa shape index (κ1) is 25.2. The molecule has 0 bridgehead atoms. The van der Waals surface area contributed by atoms with Gasteiger partial charge in [-0.25, -0.2) is 0 Å². The summed E-state index contributed by atoms with van der Waals surface area (Å²) in [4.78, 5) is 0. The Labute approximate surface area is 256 Å². The second-order valence-electron chi connectivity index (χ2n) is 12.0. The van der Waals surface area contributed by atoms with Crippen molar-refractivity contribution in [2.75, 3.05) is 6.54 Å². The highest BCUT2D eigenvalue weighted by Crippen LogP contribution is 2.50. The zero-order chi connectivity index (χ0) is 29.0. The van der Waals surface area contributed by atoms with Gasteiger partial charge in [-0.2, -0.15) is 0 Å². The Bertz CT molecular complexity index is 2210. The highest BCUT2D eigenvalue weighted by Gasteiger charge is 2.36. The molecule has 2 aliphatic heterocycles. The molecule has 1 aliphatic carbocycles. The molecule has 0 spiro atoms. The van der Waals surface area contributed by atoms with Crippen molar-refractivity contribution in [1.29, 1.82) is 0 Å². The molecule has 212 valence electrons. The molecule has 3 nitrogen and oxygen atoms in total. The molecular formula is C41H31NO2. The third kappa shape index (κ3) is 4.04. The number of hydrogen-bond acceptors (Lipinski definition) is 3. The zero-order valence-corrected chi connectivity index (χ0v) is 24.3. The fourth-order valence-electron chi connectivity index (χ4n) is 7.36. The maximum Gasteiger partial charge on any atom is 0.177 e. The minimum absolute atomic E-state index is 0.0403. The maximum atomic E-state index is 7.00. The Kier molecular flexibility index (Phi) is 5.83. The number of benzene rings is 5. The Morgan fingerprint density at radius 1 is 0.659 bits per heavy atom. The van der Waals surface area contributed by atoms with Crippen molar-refractivity contribution in [3.8, 4) is 17.1 Å². The van der Waals surface area contributed by atoms with E-state index in [4.69, 9.17) is 9.15 Å². The molecular weight excluding hydrogens is 538 g/mol. The summed E-state index contributed by atoms with van der Waals surface area (Å²) in [5, 5.41) is 7.28. The summed E-state index contributed by atoms with van der Waals surface area (Å²) in [6, 6.07) is 45.3. The standard InChI is InChI=1S/C41H31NO2/c1-3-11-26(12-4-1)28-19-21-37-34(23-28)31-16-8-10-18-33(31)40-41(43-37)35-24-29(20-22-38(35)44-40)39-32-17-9-7-15-30(32)36(25-42-39)27-13-5-2-6-14-27/h1-18,20,22-24,34,37,42H,19,21,25H2. The Morgan fingerprint density at radius 3 is 2.23 bits per heavy atom. The molecule has 2 unspecified atom stereocenters. The fourth-order valence-corrected chi connectivity index (χ4v) is 7.36. The van der Waals surface area contributed by atoms with Crippen LogP contribution in [0.1, 0.15) is 41.0 Å². The van der Waals surface area contributed by atoms with Gasteiger partial charge in [0, 0.05) is 28.9 Å². The summed E-state index contributed by atoms with van der Waals surface area (Å²) in [5.74, 6) is 1.85. The number of allylic oxidation sites excluding steroid dienone is 1. The molecule has 44 heavy (non-hydrogen) atoms. The molecule has 0 radical (unpaired) electrons. The van der Waals surface area contributed by atoms with Gasteiger partial charge in [0.15, 0.2) is 11.5 Å². The van der Waals surface area contributed by atoms with E-state index in [0.717, 1.165) is 58.7 Å². The fraction of sp³-hybridized carbons (Fsp3) is 0.122. The zero-order valence-electron chi connectivity index (χ0n) is 24.3. The lowest BCUT2D eigenvalue weighted by Gasteiger charge is -2.30. The second kappa shape index (κ2) is 10.2. The summed E-state index contributed by atoms with van der Waals surface area (Å²) in [6.07, 6.45) is 4.42. The molecule has 1 aromatic heterocycles. The molecule has 3 aliphatic rings. The second-order valence-corrected chi connectivity index (χ2v) is 12.0. The predicted molar refractivity (Wildman–Crippen MR) is 178 cm³/mol. The van der Waals surface area contributed by atoms with Crippen LogP contribution in [0.5, 0.6) is 5.75 Å². The normalized spacial score (nSPS) is 18.6. The summed E-state index contributed by atoms with van der Waals surface area (Å²) >= 11 is 0. The van der Waals surface area contributed by atoms with Crippen molar-refractivity contribution in [2.45, 2.75) is 24.9 Å². The van der Waals surface area contributed by atoms with Gasteiger partial charge in [-0.1, -0.05) is 115 Å². The van der Waals surface area contributed by atoms with E-state index in [1.165, 1.54) is 38.3 Å². The van der Waals surface area contributed by atoms with Gasteiger partial charge in [-0.15, -0.1) is 0 Å². The largest absolute Gasteiger partial charge is 0.485 e. The lowest BCUT2D eigenvalue weighted by Crippen LogP contribution is -2.41. The first-order chi connectivity index (χ1) is 21.8. The monoisotopic (exact) mass is 569 g/mol. The topological polar surface area (TPSA) is 34.4 Å². The van der Waals surface area contributed by atoms with E-state index < -0.39 is 0 Å². The van der Waals surface area contributed by atoms with Gasteiger partial charge in [0.1, 0.15) is 11.7 Å². The van der Waals surface area contributed by atoms with Crippen molar-refractivity contribution in [2.24, 2.45) is 0 Å². The number of fused-ring (bicyclic) bond motifs is 8. The van der Waals surface area contributed by atoms with Crippen molar-refractivity contribution in [3.63, 3.8) is 0 Å². The van der Waals surface area contributed by atoms with Gasteiger partial charge >= 0.3 is 0 Å². The molecule has 0 saturated heterocycles. The summed E-state index contributed by atoms with van der Waals surface area (Å²) in [7, 11) is 0. The third-order valence-electron chi connectivity index (χ3n) is 9.47. The summed E-state index contributed by atoms with van der Waals surface area (Å²) < 4.78 is 13.6. The van der Waals surface area contributed by atoms with Gasteiger partial charge in [0.05, 0.1) is 5.39 Å². The highest BCUT2D eigenvalue weighted by molar-refractivity contribution is 5.95. The Morgan fingerprint density at radius 2 is 1.39 bits per heavy atom. The van der Waals surface area contributed by atoms with E-state index >= 15 is 0 Å². The quantitative estimate of drug-likeness (QED) is 0.236. The number of hydrogen-bond donors (Lipinski definition) is 1. The van der Waals surface area contributed by atoms with Crippen molar-refractivity contribution < 1.29 is 9.15 Å². The van der Waals surface area contributed by atoms with E-state index in [-0.39, 0.29) is 12.0 Å². The minimum Gasteiger partial charge on any atom is -0.485 e. The van der Waals surface area contributed by atoms with Crippen LogP contribution >= 0.6 is 0 Å². The highest BCUT2D eigenvalue weighted by atomic mass is 16.5. The van der Waals surface area contributed by atoms with Crippen LogP contribution < -0.4 is 20.5 Å². The lowest BCUT2D eigenvalue weighted by atomic mass is 9.80. The molecule has 6 aromatic rings. The number of ether oxygens (including phenoxy) is 1. The van der Waals surface area contributed by atoms with Gasteiger partial charge in [-0.3, -0.25) is 0 Å². The first-order valence-corrected chi connectivity index (χ1v) is 15.5. The maximum absolute atomic E-state index is 7.00. The molecule has 3 heteroatoms. The first-order valence-electron chi connectivity index (χ1n) is 15.5. The van der Waals surface area contributed by atoms with E-state index in [1.54, 1.807) is 0 Å². The van der Waals surface area contributed by atoms with Gasteiger partial charge in [-0.05, 0) is 69.7 Å². The van der Waals surface area contributed by atoms with Crippen LogP contribution in [0.25, 0.3) is 39.1 Å². The number of rotatable bonds is 3. The van der Waals surface area contributed by atoms with Crippen molar-refractivity contribution in [3.05, 3.63) is 166 Å². The van der Waals surface area contributed by atoms with Gasteiger partial charge in [0.2, 0.25) is 0 Å². The smallest absolute Gasteiger partial charge is 0.177 e. The average molecular weight is 570 g/mol. The lowest BCUT2D eigenvalue weighted by molar-refractivity contribution is 0.178. The van der Waals surface area contributed by atoms with Crippen LogP contribution in [0, 0.1) is 0 Å². The summed E-state index contributed by atoms with van der Waals surface area (Å²) in [6.45, 7) is 0.765. The van der Waals surface area contributed by atoms with Crippen molar-refractivity contribution in [1.82, 2.24) is 5.32 Å². The third-order valence-corrected chi connectivity index (χ3v) is 9.47. The van der Waals surface area contributed by atoms with Crippen LogP contribution in [0.4, 0.5) is 0 Å². The van der Waals surface area contributed by atoms with E-state index in [1.807, 2.05) is 0 Å². The van der Waals surface area contributed by atoms with Crippen LogP contribution in [-0.4, -0.2) is 12.6 Å². The van der Waals surface area contributed by atoms with Crippen LogP contribution in [0.15, 0.2) is 138 Å². The van der Waals surface area contributed by atoms with Crippen LogP contribution in [0.3, 0.4) is 0 Å². The predicted octanol–water partition coefficient (Wildman–Crippen LogP) is 7.78. The molecule has 1 N–H and O–H groups in total. The van der Waals surface area contributed by atoms with E-state index in [9.17, 15) is 0 Å². The molecule has 0 saturated carbocycles. The molecule has 9 rings (SSSR count). The van der Waals surface area contributed by atoms with Gasteiger partial charge < -0.3 is 14.5 Å². The van der Waals surface area contributed by atoms with Gasteiger partial charge in [0.25, 0.3) is 0 Å².